The molecule has 1 spiro atoms. The molecule has 2 aliphatic rings. The predicted octanol–water partition coefficient (Wildman–Crippen LogP) is 15.3. The van der Waals surface area contributed by atoms with Crippen molar-refractivity contribution in [1.29, 1.82) is 0 Å². The minimum Gasteiger partial charge on any atom is -0.305 e. The van der Waals surface area contributed by atoms with Gasteiger partial charge in [0, 0.05) is 37.9 Å². The van der Waals surface area contributed by atoms with E-state index >= 15 is 0 Å². The Morgan fingerprint density at radius 2 is 0.853 bits per heavy atom. The van der Waals surface area contributed by atoms with Crippen LogP contribution in [0.5, 0.6) is 0 Å². The Kier molecular flexibility index (Phi) is 12.9. The smallest absolute Gasteiger partial charge is 0.0201 e. The van der Waals surface area contributed by atoms with E-state index < -0.39 is 0 Å². The second-order valence-electron chi connectivity index (χ2n) is 17.2. The van der Waals surface area contributed by atoms with Gasteiger partial charge in [0.05, 0.1) is 0 Å². The monoisotopic (exact) mass is 1050 g/mol. The number of nitrogens with zero attached hydrogens (tertiary/aromatic N) is 2. The molecule has 0 unspecified atom stereocenters. The van der Waals surface area contributed by atoms with Crippen molar-refractivity contribution >= 4 is 23.3 Å². The molecule has 1 radical (unpaired) electrons. The maximum absolute atomic E-state index is 4.67. The quantitative estimate of drug-likeness (QED) is 0.112. The molecule has 2 aliphatic carbocycles. The van der Waals surface area contributed by atoms with Gasteiger partial charge < -0.3 is 9.97 Å². The van der Waals surface area contributed by atoms with Crippen molar-refractivity contribution in [2.24, 2.45) is 0 Å². The van der Waals surface area contributed by atoms with Gasteiger partial charge in [-0.25, -0.2) is 0 Å². The predicted molar refractivity (Wildman–Crippen MR) is 277 cm³/mol. The Hall–Kier alpha value is -7.81. The zero-order valence-electron chi connectivity index (χ0n) is 37.4. The van der Waals surface area contributed by atoms with Crippen LogP contribution in [0, 0.1) is 12.1 Å². The van der Waals surface area contributed by atoms with Gasteiger partial charge in [-0.2, -0.15) is 0 Å². The Balaban J connectivity index is 0.000000361. The Morgan fingerprint density at radius 3 is 1.29 bits per heavy atom. The molecule has 0 amide bonds. The van der Waals surface area contributed by atoms with E-state index in [1.165, 1.54) is 77.9 Å². The van der Waals surface area contributed by atoms with E-state index in [1.807, 2.05) is 54.7 Å². The summed E-state index contributed by atoms with van der Waals surface area (Å²) in [6.45, 7) is 0. The van der Waals surface area contributed by atoms with Crippen LogP contribution >= 0.6 is 0 Å². The summed E-state index contributed by atoms with van der Waals surface area (Å²) >= 11 is 0. The van der Waals surface area contributed by atoms with Gasteiger partial charge in [0.2, 0.25) is 0 Å². The third kappa shape index (κ3) is 9.03. The molecule has 2 aromatic heterocycles. The molecule has 0 fully saturated rings. The third-order valence-corrected chi connectivity index (χ3v) is 13.1. The van der Waals surface area contributed by atoms with Crippen LogP contribution in [0.4, 0.5) is 0 Å². The average Bonchev–Trinajstić information content (AvgIpc) is 3.93. The van der Waals surface area contributed by atoms with Gasteiger partial charge in [-0.05, 0) is 115 Å². The number of hydrogen-bond acceptors (Lipinski definition) is 2. The molecular formula is C65H46IrN2-2. The Labute approximate surface area is 413 Å². The van der Waals surface area contributed by atoms with Crippen LogP contribution < -0.4 is 0 Å². The maximum atomic E-state index is 4.67. The summed E-state index contributed by atoms with van der Waals surface area (Å²) in [6.07, 6.45) is 10.2. The molecule has 0 saturated heterocycles. The molecule has 10 aromatic rings. The first-order chi connectivity index (χ1) is 33.2. The van der Waals surface area contributed by atoms with E-state index in [0.29, 0.717) is 0 Å². The van der Waals surface area contributed by atoms with Crippen LogP contribution in [-0.4, -0.2) is 9.97 Å². The summed E-state index contributed by atoms with van der Waals surface area (Å²) < 4.78 is 0. The second kappa shape index (κ2) is 20.0. The van der Waals surface area contributed by atoms with Crippen molar-refractivity contribution in [3.63, 3.8) is 0 Å². The van der Waals surface area contributed by atoms with E-state index in [4.69, 9.17) is 0 Å². The molecule has 68 heavy (non-hydrogen) atoms. The molecular weight excluding hydrogens is 1000 g/mol. The minimum absolute atomic E-state index is 0. The molecule has 0 aliphatic heterocycles. The molecule has 327 valence electrons. The molecule has 0 saturated carbocycles. The minimum atomic E-state index is -0.212. The van der Waals surface area contributed by atoms with Gasteiger partial charge in [-0.3, -0.25) is 0 Å². The van der Waals surface area contributed by atoms with Crippen LogP contribution in [-0.2, 0) is 38.4 Å². The molecule has 3 heteroatoms. The van der Waals surface area contributed by atoms with Crippen LogP contribution in [0.1, 0.15) is 55.6 Å². The molecule has 12 rings (SSSR count). The number of aromatic nitrogens is 2. The number of pyridine rings is 2. The van der Waals surface area contributed by atoms with E-state index in [1.54, 1.807) is 6.20 Å². The fraction of sp³-hybridized carbons (Fsp3) is 0.0462. The molecule has 2 nitrogen and oxygen atoms in total. The van der Waals surface area contributed by atoms with Gasteiger partial charge >= 0.3 is 0 Å². The first-order valence-corrected chi connectivity index (χ1v) is 23.0. The van der Waals surface area contributed by atoms with E-state index in [2.05, 4.69) is 216 Å². The third-order valence-electron chi connectivity index (χ3n) is 13.1. The van der Waals surface area contributed by atoms with Crippen molar-refractivity contribution in [3.8, 4) is 33.6 Å². The largest absolute Gasteiger partial charge is 0.305 e. The summed E-state index contributed by atoms with van der Waals surface area (Å²) in [4.78, 5) is 8.89. The zero-order chi connectivity index (χ0) is 44.8. The summed E-state index contributed by atoms with van der Waals surface area (Å²) in [5.74, 6) is 0. The van der Waals surface area contributed by atoms with Crippen molar-refractivity contribution < 1.29 is 20.1 Å². The zero-order valence-corrected chi connectivity index (χ0v) is 39.8. The molecule has 0 N–H and O–H groups in total. The van der Waals surface area contributed by atoms with Crippen molar-refractivity contribution in [2.75, 3.05) is 0 Å². The Bertz CT molecular complexity index is 3090. The maximum Gasteiger partial charge on any atom is 0.0201 e. The van der Waals surface area contributed by atoms with E-state index in [0.717, 1.165) is 35.4 Å². The average molecular weight is 1050 g/mol. The molecule has 0 atom stereocenters. The fourth-order valence-corrected chi connectivity index (χ4v) is 9.91. The first kappa shape index (κ1) is 44.0. The van der Waals surface area contributed by atoms with Gasteiger partial charge in [0.1, 0.15) is 0 Å². The number of benzene rings is 8. The topological polar surface area (TPSA) is 25.8 Å². The van der Waals surface area contributed by atoms with Crippen LogP contribution in [0.25, 0.3) is 56.9 Å². The van der Waals surface area contributed by atoms with E-state index in [9.17, 15) is 0 Å². The summed E-state index contributed by atoms with van der Waals surface area (Å²) in [5.41, 5.74) is 21.7. The van der Waals surface area contributed by atoms with Crippen molar-refractivity contribution in [2.45, 2.75) is 18.3 Å². The first-order valence-electron chi connectivity index (χ1n) is 23.0. The van der Waals surface area contributed by atoms with Gasteiger partial charge in [-0.1, -0.05) is 182 Å². The summed E-state index contributed by atoms with van der Waals surface area (Å²) in [7, 11) is 0. The number of hydrogen-bond donors (Lipinski definition) is 0. The van der Waals surface area contributed by atoms with E-state index in [-0.39, 0.29) is 25.5 Å². The van der Waals surface area contributed by atoms with Crippen LogP contribution in [0.3, 0.4) is 0 Å². The number of rotatable bonds is 8. The molecule has 8 aromatic carbocycles. The summed E-state index contributed by atoms with van der Waals surface area (Å²) in [5, 5.41) is 0. The molecule has 2 heterocycles. The van der Waals surface area contributed by atoms with Gasteiger partial charge in [0.25, 0.3) is 0 Å². The second-order valence-corrected chi connectivity index (χ2v) is 17.2. The van der Waals surface area contributed by atoms with Gasteiger partial charge in [0.15, 0.2) is 0 Å². The van der Waals surface area contributed by atoms with Crippen LogP contribution in [0.15, 0.2) is 243 Å². The standard InChI is InChI=1S/C54H38N.C11H8N.Ir/c1-5-15-40(16-6-1)49(41-17-7-2-8-18-41)31-38-24-28-47-48-29-25-39(32-50(42-19-9-3-10-20-42)43-21-11-4-12-22-43)34-52(48)54(51(47)33-38)36-45-27-26-44(35-46(45)37-54)53-23-13-14-30-55-53;1-2-6-10(7-3-1)11-8-4-5-9-12-11;/h1-25,27-35H,36-37H2;1-6,8-9H;/q2*-1;. The normalized spacial score (nSPS) is 12.3. The molecule has 0 bridgehead atoms. The number of fused-ring (bicyclic) bond motifs is 6. The Morgan fingerprint density at radius 1 is 0.412 bits per heavy atom. The SMILES string of the molecule is [Ir].[c-]1cc2c(cc1-c1ccccn1)CC1(C2)c2cc(C=C(c3ccccc3)c3ccccc3)ccc2-c2ccc(C=C(c3ccccc3)c3ccccc3)cc21.[c-]1ccccc1-c1ccccn1. The van der Waals surface area contributed by atoms with Crippen molar-refractivity contribution in [3.05, 3.63) is 311 Å². The van der Waals surface area contributed by atoms with Crippen LogP contribution in [0.2, 0.25) is 0 Å². The fourth-order valence-electron chi connectivity index (χ4n) is 9.91. The van der Waals surface area contributed by atoms with Crippen molar-refractivity contribution in [1.82, 2.24) is 9.97 Å². The van der Waals surface area contributed by atoms with Gasteiger partial charge in [-0.15, -0.1) is 70.8 Å². The summed E-state index contributed by atoms with van der Waals surface area (Å²) in [6, 6.07) is 88.4.